The van der Waals surface area contributed by atoms with Gasteiger partial charge in [0, 0.05) is 26.2 Å². The summed E-state index contributed by atoms with van der Waals surface area (Å²) in [6, 6.07) is 0. The van der Waals surface area contributed by atoms with Crippen LogP contribution in [0.2, 0.25) is 0 Å². The van der Waals surface area contributed by atoms with E-state index in [-0.39, 0.29) is 12.5 Å². The quantitative estimate of drug-likeness (QED) is 0.496. The van der Waals surface area contributed by atoms with Crippen molar-refractivity contribution in [2.24, 2.45) is 5.92 Å². The Labute approximate surface area is 72.4 Å². The number of likely N-dealkylation sites (tertiary alicyclic amines) is 1. The molecule has 3 N–H and O–H groups in total. The summed E-state index contributed by atoms with van der Waals surface area (Å²) in [6.07, 6.45) is -1.23. The molecular weight excluding hydrogens is 158 g/mol. The maximum atomic E-state index is 9.20. The molecule has 0 spiro atoms. The summed E-state index contributed by atoms with van der Waals surface area (Å²) in [7, 11) is 0. The lowest BCUT2D eigenvalue weighted by molar-refractivity contribution is 0.0572. The van der Waals surface area contributed by atoms with Crippen molar-refractivity contribution >= 4 is 0 Å². The number of aliphatic hydroxyl groups excluding tert-OH is 3. The van der Waals surface area contributed by atoms with Crippen LogP contribution in [0.25, 0.3) is 0 Å². The van der Waals surface area contributed by atoms with E-state index in [1.807, 2.05) is 11.8 Å². The maximum absolute atomic E-state index is 9.20. The summed E-state index contributed by atoms with van der Waals surface area (Å²) < 4.78 is 0. The zero-order valence-electron chi connectivity index (χ0n) is 7.35. The second-order valence-electron chi connectivity index (χ2n) is 3.64. The molecule has 1 rings (SSSR count). The van der Waals surface area contributed by atoms with Gasteiger partial charge in [0.15, 0.2) is 0 Å². The van der Waals surface area contributed by atoms with Crippen molar-refractivity contribution in [2.45, 2.75) is 19.1 Å². The standard InChI is InChI=1S/C8H17NO3/c1-6(5-10)2-9-3-7(11)8(12)4-9/h6-8,10-12H,2-5H2,1H3. The first-order chi connectivity index (χ1) is 5.63. The zero-order chi connectivity index (χ0) is 9.14. The fourth-order valence-electron chi connectivity index (χ4n) is 1.49. The van der Waals surface area contributed by atoms with Gasteiger partial charge in [-0.15, -0.1) is 0 Å². The predicted molar refractivity (Wildman–Crippen MR) is 44.7 cm³/mol. The molecule has 0 aromatic rings. The van der Waals surface area contributed by atoms with Gasteiger partial charge in [0.05, 0.1) is 12.2 Å². The fraction of sp³-hybridized carbons (Fsp3) is 1.00. The van der Waals surface area contributed by atoms with E-state index in [1.54, 1.807) is 0 Å². The van der Waals surface area contributed by atoms with Crippen LogP contribution in [0.5, 0.6) is 0 Å². The molecule has 4 nitrogen and oxygen atoms in total. The minimum Gasteiger partial charge on any atom is -0.396 e. The summed E-state index contributed by atoms with van der Waals surface area (Å²) in [6.45, 7) is 3.88. The van der Waals surface area contributed by atoms with Crippen LogP contribution < -0.4 is 0 Å². The average Bonchev–Trinajstić information content (AvgIpc) is 2.31. The van der Waals surface area contributed by atoms with Crippen molar-refractivity contribution in [3.05, 3.63) is 0 Å². The molecule has 0 aromatic heterocycles. The molecule has 1 heterocycles. The Morgan fingerprint density at radius 3 is 2.25 bits per heavy atom. The third kappa shape index (κ3) is 2.42. The molecule has 12 heavy (non-hydrogen) atoms. The molecule has 3 atom stereocenters. The van der Waals surface area contributed by atoms with E-state index in [0.717, 1.165) is 6.54 Å². The van der Waals surface area contributed by atoms with E-state index in [4.69, 9.17) is 5.11 Å². The van der Waals surface area contributed by atoms with Gasteiger partial charge in [-0.1, -0.05) is 6.92 Å². The van der Waals surface area contributed by atoms with E-state index in [0.29, 0.717) is 13.1 Å². The van der Waals surface area contributed by atoms with Crippen molar-refractivity contribution in [1.82, 2.24) is 4.90 Å². The average molecular weight is 175 g/mol. The summed E-state index contributed by atoms with van der Waals surface area (Å²) >= 11 is 0. The molecule has 0 bridgehead atoms. The number of hydrogen-bond acceptors (Lipinski definition) is 4. The monoisotopic (exact) mass is 175 g/mol. The van der Waals surface area contributed by atoms with Gasteiger partial charge in [-0.3, -0.25) is 4.90 Å². The normalized spacial score (nSPS) is 34.0. The first-order valence-corrected chi connectivity index (χ1v) is 4.32. The van der Waals surface area contributed by atoms with E-state index < -0.39 is 12.2 Å². The highest BCUT2D eigenvalue weighted by Gasteiger charge is 2.29. The fourth-order valence-corrected chi connectivity index (χ4v) is 1.49. The number of β-amino-alcohol motifs (C(OH)–C–C–N with tert-alkyl or cyclic N) is 2. The summed E-state index contributed by atoms with van der Waals surface area (Å²) in [5.41, 5.74) is 0. The third-order valence-corrected chi connectivity index (χ3v) is 2.22. The van der Waals surface area contributed by atoms with Crippen LogP contribution in [0.1, 0.15) is 6.92 Å². The molecule has 0 radical (unpaired) electrons. The minimum absolute atomic E-state index is 0.155. The van der Waals surface area contributed by atoms with Gasteiger partial charge in [-0.05, 0) is 5.92 Å². The second-order valence-corrected chi connectivity index (χ2v) is 3.64. The van der Waals surface area contributed by atoms with Crippen molar-refractivity contribution in [3.8, 4) is 0 Å². The highest BCUT2D eigenvalue weighted by atomic mass is 16.3. The van der Waals surface area contributed by atoms with Gasteiger partial charge in [-0.2, -0.15) is 0 Å². The number of hydrogen-bond donors (Lipinski definition) is 3. The van der Waals surface area contributed by atoms with Crippen molar-refractivity contribution in [2.75, 3.05) is 26.2 Å². The Morgan fingerprint density at radius 2 is 1.83 bits per heavy atom. The minimum atomic E-state index is -0.615. The molecule has 0 saturated carbocycles. The molecule has 0 amide bonds. The van der Waals surface area contributed by atoms with Crippen molar-refractivity contribution in [3.63, 3.8) is 0 Å². The van der Waals surface area contributed by atoms with Gasteiger partial charge in [0.25, 0.3) is 0 Å². The van der Waals surface area contributed by atoms with E-state index >= 15 is 0 Å². The van der Waals surface area contributed by atoms with Gasteiger partial charge >= 0.3 is 0 Å². The lowest BCUT2D eigenvalue weighted by Gasteiger charge is -2.18. The van der Waals surface area contributed by atoms with Crippen LogP contribution in [0.3, 0.4) is 0 Å². The Balaban J connectivity index is 2.27. The van der Waals surface area contributed by atoms with Crippen molar-refractivity contribution < 1.29 is 15.3 Å². The van der Waals surface area contributed by atoms with Crippen LogP contribution in [0.4, 0.5) is 0 Å². The Kier molecular flexibility index (Phi) is 3.46. The Bertz CT molecular complexity index is 132. The highest BCUT2D eigenvalue weighted by molar-refractivity contribution is 4.83. The van der Waals surface area contributed by atoms with Crippen LogP contribution in [-0.4, -0.2) is 58.7 Å². The van der Waals surface area contributed by atoms with Crippen molar-refractivity contribution in [1.29, 1.82) is 0 Å². The van der Waals surface area contributed by atoms with E-state index in [9.17, 15) is 10.2 Å². The molecular formula is C8H17NO3. The van der Waals surface area contributed by atoms with Crippen LogP contribution in [-0.2, 0) is 0 Å². The summed E-state index contributed by atoms with van der Waals surface area (Å²) in [4.78, 5) is 1.97. The summed E-state index contributed by atoms with van der Waals surface area (Å²) in [5, 5.41) is 27.2. The van der Waals surface area contributed by atoms with E-state index in [2.05, 4.69) is 0 Å². The smallest absolute Gasteiger partial charge is 0.0938 e. The number of rotatable bonds is 3. The van der Waals surface area contributed by atoms with Crippen LogP contribution in [0.15, 0.2) is 0 Å². The lowest BCUT2D eigenvalue weighted by Crippen LogP contribution is -2.28. The lowest BCUT2D eigenvalue weighted by atomic mass is 10.2. The maximum Gasteiger partial charge on any atom is 0.0938 e. The molecule has 1 fully saturated rings. The van der Waals surface area contributed by atoms with Gasteiger partial charge in [0.2, 0.25) is 0 Å². The van der Waals surface area contributed by atoms with Crippen LogP contribution in [0, 0.1) is 5.92 Å². The van der Waals surface area contributed by atoms with Crippen LogP contribution >= 0.6 is 0 Å². The zero-order valence-corrected chi connectivity index (χ0v) is 7.35. The number of aliphatic hydroxyl groups is 3. The second kappa shape index (κ2) is 4.18. The third-order valence-electron chi connectivity index (χ3n) is 2.22. The first kappa shape index (κ1) is 9.92. The largest absolute Gasteiger partial charge is 0.396 e. The topological polar surface area (TPSA) is 63.9 Å². The van der Waals surface area contributed by atoms with E-state index in [1.165, 1.54) is 0 Å². The summed E-state index contributed by atoms with van der Waals surface area (Å²) in [5.74, 6) is 0.211. The molecule has 1 saturated heterocycles. The molecule has 1 aliphatic rings. The molecule has 72 valence electrons. The SMILES string of the molecule is CC(CO)CN1CC(O)C(O)C1. The molecule has 4 heteroatoms. The molecule has 3 unspecified atom stereocenters. The van der Waals surface area contributed by atoms with Gasteiger partial charge in [0.1, 0.15) is 0 Å². The Morgan fingerprint density at radius 1 is 1.33 bits per heavy atom. The van der Waals surface area contributed by atoms with Gasteiger partial charge < -0.3 is 15.3 Å². The predicted octanol–water partition coefficient (Wildman–Crippen LogP) is -1.35. The molecule has 0 aliphatic carbocycles. The van der Waals surface area contributed by atoms with Gasteiger partial charge in [-0.25, -0.2) is 0 Å². The number of nitrogens with zero attached hydrogens (tertiary/aromatic N) is 1. The molecule has 1 aliphatic heterocycles. The highest BCUT2D eigenvalue weighted by Crippen LogP contribution is 2.11. The Hall–Kier alpha value is -0.160. The molecule has 0 aromatic carbocycles. The first-order valence-electron chi connectivity index (χ1n) is 4.32.